The van der Waals surface area contributed by atoms with Crippen LogP contribution in [0.25, 0.3) is 0 Å². The van der Waals surface area contributed by atoms with E-state index in [2.05, 4.69) is 17.0 Å². The van der Waals surface area contributed by atoms with E-state index in [0.29, 0.717) is 19.4 Å². The number of nitro groups is 1. The topological polar surface area (TPSA) is 93.0 Å². The molecule has 1 aliphatic rings. The van der Waals surface area contributed by atoms with Crippen molar-refractivity contribution in [2.24, 2.45) is 0 Å². The molecule has 0 bridgehead atoms. The van der Waals surface area contributed by atoms with Crippen molar-refractivity contribution in [3.8, 4) is 5.75 Å². The number of rotatable bonds is 7. The summed E-state index contributed by atoms with van der Waals surface area (Å²) in [6.45, 7) is 3.41. The maximum absolute atomic E-state index is 12.4. The molecule has 0 aromatic heterocycles. The first-order valence-corrected chi connectivity index (χ1v) is 8.97. The standard InChI is InChI=1S/C20H21N3O5/c24-14-17-12-18(23(26)27)6-7-19(17)28-15-20(25)22-10-8-21(9-11-22)13-16-4-2-1-3-5-16/h1-7,12,14H,8-11,13,15H2. The normalized spacial score (nSPS) is 14.5. The van der Waals surface area contributed by atoms with Gasteiger partial charge in [0.05, 0.1) is 10.5 Å². The van der Waals surface area contributed by atoms with E-state index in [0.717, 1.165) is 25.7 Å². The summed E-state index contributed by atoms with van der Waals surface area (Å²) in [5.74, 6) is -0.00812. The number of piperazine rings is 1. The van der Waals surface area contributed by atoms with E-state index in [1.807, 2.05) is 18.2 Å². The zero-order valence-corrected chi connectivity index (χ0v) is 15.3. The molecule has 2 aromatic carbocycles. The smallest absolute Gasteiger partial charge is 0.270 e. The molecule has 1 amide bonds. The van der Waals surface area contributed by atoms with Crippen LogP contribution in [0.3, 0.4) is 0 Å². The number of aldehydes is 1. The van der Waals surface area contributed by atoms with Gasteiger partial charge >= 0.3 is 0 Å². The molecule has 3 rings (SSSR count). The van der Waals surface area contributed by atoms with Crippen LogP contribution in [0.4, 0.5) is 5.69 Å². The Bertz CT molecular complexity index is 848. The van der Waals surface area contributed by atoms with Gasteiger partial charge in [-0.1, -0.05) is 30.3 Å². The lowest BCUT2D eigenvalue weighted by Crippen LogP contribution is -2.49. The number of carbonyl (C=O) groups is 2. The van der Waals surface area contributed by atoms with Crippen molar-refractivity contribution >= 4 is 17.9 Å². The van der Waals surface area contributed by atoms with Crippen molar-refractivity contribution in [2.45, 2.75) is 6.54 Å². The zero-order valence-electron chi connectivity index (χ0n) is 15.3. The van der Waals surface area contributed by atoms with Gasteiger partial charge in [0.15, 0.2) is 12.9 Å². The van der Waals surface area contributed by atoms with Crippen LogP contribution in [0.1, 0.15) is 15.9 Å². The SMILES string of the molecule is O=Cc1cc([N+](=O)[O-])ccc1OCC(=O)N1CCN(Cc2ccccc2)CC1. The quantitative estimate of drug-likeness (QED) is 0.413. The summed E-state index contributed by atoms with van der Waals surface area (Å²) in [6, 6.07) is 13.9. The Hall–Kier alpha value is -3.26. The Morgan fingerprint density at radius 2 is 1.82 bits per heavy atom. The van der Waals surface area contributed by atoms with Gasteiger partial charge in [-0.2, -0.15) is 0 Å². The average molecular weight is 383 g/mol. The van der Waals surface area contributed by atoms with Crippen molar-refractivity contribution in [1.82, 2.24) is 9.80 Å². The van der Waals surface area contributed by atoms with Crippen LogP contribution < -0.4 is 4.74 Å². The van der Waals surface area contributed by atoms with E-state index in [-0.39, 0.29) is 29.5 Å². The first kappa shape index (κ1) is 19.5. The van der Waals surface area contributed by atoms with Gasteiger partial charge in [-0.25, -0.2) is 0 Å². The first-order chi connectivity index (χ1) is 13.6. The van der Waals surface area contributed by atoms with E-state index in [1.54, 1.807) is 4.90 Å². The minimum atomic E-state index is -0.586. The fourth-order valence-electron chi connectivity index (χ4n) is 3.10. The van der Waals surface area contributed by atoms with E-state index in [1.165, 1.54) is 17.7 Å². The summed E-state index contributed by atoms with van der Waals surface area (Å²) in [5, 5.41) is 10.8. The summed E-state index contributed by atoms with van der Waals surface area (Å²) in [5.41, 5.74) is 1.09. The Labute approximate surface area is 162 Å². The molecule has 1 fully saturated rings. The Kier molecular flexibility index (Phi) is 6.33. The van der Waals surface area contributed by atoms with Gasteiger partial charge < -0.3 is 9.64 Å². The number of nitro benzene ring substituents is 1. The number of ether oxygens (including phenoxy) is 1. The van der Waals surface area contributed by atoms with E-state index >= 15 is 0 Å². The van der Waals surface area contributed by atoms with Crippen molar-refractivity contribution < 1.29 is 19.2 Å². The van der Waals surface area contributed by atoms with Crippen LogP contribution in [-0.4, -0.2) is 59.7 Å². The average Bonchev–Trinajstić information content (AvgIpc) is 2.73. The van der Waals surface area contributed by atoms with Gasteiger partial charge in [0, 0.05) is 44.9 Å². The third kappa shape index (κ3) is 4.92. The van der Waals surface area contributed by atoms with E-state index < -0.39 is 4.92 Å². The van der Waals surface area contributed by atoms with Crippen LogP contribution in [0.15, 0.2) is 48.5 Å². The highest BCUT2D eigenvalue weighted by Gasteiger charge is 2.22. The molecular formula is C20H21N3O5. The summed E-state index contributed by atoms with van der Waals surface area (Å²) < 4.78 is 5.44. The van der Waals surface area contributed by atoms with Crippen LogP contribution in [0.2, 0.25) is 0 Å². The molecule has 1 aliphatic heterocycles. The minimum Gasteiger partial charge on any atom is -0.483 e. The molecule has 8 nitrogen and oxygen atoms in total. The summed E-state index contributed by atoms with van der Waals surface area (Å²) in [6.07, 6.45) is 0.481. The van der Waals surface area contributed by atoms with Crippen molar-refractivity contribution in [3.05, 3.63) is 69.8 Å². The Morgan fingerprint density at radius 1 is 1.11 bits per heavy atom. The van der Waals surface area contributed by atoms with Crippen molar-refractivity contribution in [1.29, 1.82) is 0 Å². The largest absolute Gasteiger partial charge is 0.483 e. The molecule has 0 N–H and O–H groups in total. The predicted octanol–water partition coefficient (Wildman–Crippen LogP) is 2.13. The van der Waals surface area contributed by atoms with Gasteiger partial charge in [0.25, 0.3) is 11.6 Å². The number of hydrogen-bond acceptors (Lipinski definition) is 6. The molecule has 8 heteroatoms. The molecule has 28 heavy (non-hydrogen) atoms. The van der Waals surface area contributed by atoms with Gasteiger partial charge in [-0.05, 0) is 11.6 Å². The molecule has 2 aromatic rings. The molecule has 0 saturated carbocycles. The fourth-order valence-corrected chi connectivity index (χ4v) is 3.10. The third-order valence-corrected chi connectivity index (χ3v) is 4.66. The lowest BCUT2D eigenvalue weighted by Gasteiger charge is -2.34. The summed E-state index contributed by atoms with van der Waals surface area (Å²) in [7, 11) is 0. The highest BCUT2D eigenvalue weighted by atomic mass is 16.6. The molecule has 0 unspecified atom stereocenters. The molecule has 1 saturated heterocycles. The van der Waals surface area contributed by atoms with Gasteiger partial charge in [-0.3, -0.25) is 24.6 Å². The number of hydrogen-bond donors (Lipinski definition) is 0. The van der Waals surface area contributed by atoms with Gasteiger partial charge in [-0.15, -0.1) is 0 Å². The number of benzene rings is 2. The number of non-ortho nitro benzene ring substituents is 1. The van der Waals surface area contributed by atoms with Gasteiger partial charge in [0.1, 0.15) is 5.75 Å². The van der Waals surface area contributed by atoms with Crippen LogP contribution in [-0.2, 0) is 11.3 Å². The number of carbonyl (C=O) groups excluding carboxylic acids is 2. The monoisotopic (exact) mass is 383 g/mol. The molecular weight excluding hydrogens is 362 g/mol. The van der Waals surface area contributed by atoms with Crippen molar-refractivity contribution in [2.75, 3.05) is 32.8 Å². The summed E-state index contributed by atoms with van der Waals surface area (Å²) in [4.78, 5) is 37.7. The number of amides is 1. The highest BCUT2D eigenvalue weighted by Crippen LogP contribution is 2.22. The molecule has 0 aliphatic carbocycles. The second-order valence-electron chi connectivity index (χ2n) is 6.53. The minimum absolute atomic E-state index is 0.0506. The maximum atomic E-state index is 12.4. The van der Waals surface area contributed by atoms with Crippen LogP contribution in [0, 0.1) is 10.1 Å². The van der Waals surface area contributed by atoms with Crippen LogP contribution in [0.5, 0.6) is 5.75 Å². The zero-order chi connectivity index (χ0) is 19.9. The molecule has 146 valence electrons. The molecule has 0 radical (unpaired) electrons. The second kappa shape index (κ2) is 9.09. The summed E-state index contributed by atoms with van der Waals surface area (Å²) >= 11 is 0. The Balaban J connectivity index is 1.50. The third-order valence-electron chi connectivity index (χ3n) is 4.66. The Morgan fingerprint density at radius 3 is 2.46 bits per heavy atom. The van der Waals surface area contributed by atoms with Crippen molar-refractivity contribution in [3.63, 3.8) is 0 Å². The van der Waals surface area contributed by atoms with Crippen LogP contribution >= 0.6 is 0 Å². The van der Waals surface area contributed by atoms with E-state index in [4.69, 9.17) is 4.74 Å². The predicted molar refractivity (Wildman–Crippen MR) is 102 cm³/mol. The van der Waals surface area contributed by atoms with E-state index in [9.17, 15) is 19.7 Å². The lowest BCUT2D eigenvalue weighted by molar-refractivity contribution is -0.384. The highest BCUT2D eigenvalue weighted by molar-refractivity contribution is 5.82. The maximum Gasteiger partial charge on any atom is 0.270 e. The molecule has 0 atom stereocenters. The second-order valence-corrected chi connectivity index (χ2v) is 6.53. The lowest BCUT2D eigenvalue weighted by atomic mass is 10.2. The molecule has 0 spiro atoms. The van der Waals surface area contributed by atoms with Gasteiger partial charge in [0.2, 0.25) is 0 Å². The number of nitrogens with zero attached hydrogens (tertiary/aromatic N) is 3. The first-order valence-electron chi connectivity index (χ1n) is 8.97. The molecule has 1 heterocycles. The fraction of sp³-hybridized carbons (Fsp3) is 0.300.